The first-order chi connectivity index (χ1) is 15.2. The van der Waals surface area contributed by atoms with Gasteiger partial charge in [0.2, 0.25) is 0 Å². The summed E-state index contributed by atoms with van der Waals surface area (Å²) in [5.41, 5.74) is 0.840. The molecule has 0 unspecified atom stereocenters. The molecule has 0 aliphatic heterocycles. The predicted octanol–water partition coefficient (Wildman–Crippen LogP) is 7.08. The van der Waals surface area contributed by atoms with Gasteiger partial charge in [0, 0.05) is 25.0 Å². The van der Waals surface area contributed by atoms with E-state index in [1.54, 1.807) is 53.2 Å². The number of hydrogen-bond acceptors (Lipinski definition) is 1. The maximum absolute atomic E-state index is 13.0. The lowest BCUT2D eigenvalue weighted by molar-refractivity contribution is -0.137. The molecular weight excluding hydrogens is 462 g/mol. The number of para-hydroxylation sites is 1. The van der Waals surface area contributed by atoms with Gasteiger partial charge in [-0.25, -0.2) is 4.79 Å². The first kappa shape index (κ1) is 23.8. The van der Waals surface area contributed by atoms with Crippen molar-refractivity contribution < 1.29 is 18.0 Å². The van der Waals surface area contributed by atoms with Crippen molar-refractivity contribution in [3.8, 4) is 0 Å². The Morgan fingerprint density at radius 2 is 1.78 bits per heavy atom. The van der Waals surface area contributed by atoms with E-state index >= 15 is 0 Å². The molecule has 0 fully saturated rings. The van der Waals surface area contributed by atoms with Gasteiger partial charge in [0.25, 0.3) is 0 Å². The maximum Gasteiger partial charge on any atom is 0.416 e. The van der Waals surface area contributed by atoms with Crippen LogP contribution in [-0.2, 0) is 19.3 Å². The molecule has 0 aliphatic rings. The number of urea groups is 1. The zero-order valence-corrected chi connectivity index (χ0v) is 18.4. The molecule has 4 nitrogen and oxygen atoms in total. The van der Waals surface area contributed by atoms with E-state index in [9.17, 15) is 18.0 Å². The van der Waals surface area contributed by atoms with Gasteiger partial charge in [-0.05, 0) is 42.0 Å². The van der Waals surface area contributed by atoms with Crippen LogP contribution in [0.15, 0.2) is 73.4 Å². The van der Waals surface area contributed by atoms with Crippen molar-refractivity contribution in [1.29, 1.82) is 0 Å². The monoisotopic (exact) mass is 481 g/mol. The molecule has 0 saturated carbocycles. The summed E-state index contributed by atoms with van der Waals surface area (Å²) in [6.07, 6.45) is -1.08. The number of rotatable bonds is 7. The molecular formula is C23H20Cl2F3N3O. The molecule has 0 spiro atoms. The Balaban J connectivity index is 1.78. The van der Waals surface area contributed by atoms with Crippen LogP contribution in [0.2, 0.25) is 10.0 Å². The van der Waals surface area contributed by atoms with E-state index < -0.39 is 17.8 Å². The van der Waals surface area contributed by atoms with Crippen molar-refractivity contribution in [2.45, 2.75) is 19.3 Å². The number of carbonyl (C=O) groups is 1. The molecule has 168 valence electrons. The Hall–Kier alpha value is -2.90. The third kappa shape index (κ3) is 5.87. The second kappa shape index (κ2) is 10.1. The van der Waals surface area contributed by atoms with Gasteiger partial charge >= 0.3 is 12.2 Å². The number of benzene rings is 2. The lowest BCUT2D eigenvalue weighted by Crippen LogP contribution is -2.35. The topological polar surface area (TPSA) is 37.3 Å². The minimum absolute atomic E-state index is 0.200. The Kier molecular flexibility index (Phi) is 7.53. The number of alkyl halides is 3. The summed E-state index contributed by atoms with van der Waals surface area (Å²) in [4.78, 5) is 14.4. The van der Waals surface area contributed by atoms with Crippen molar-refractivity contribution in [3.63, 3.8) is 0 Å². The molecule has 3 aromatic rings. The van der Waals surface area contributed by atoms with Crippen LogP contribution in [0, 0.1) is 0 Å². The largest absolute Gasteiger partial charge is 0.416 e. The fraction of sp³-hybridized carbons (Fsp3) is 0.174. The zero-order valence-electron chi connectivity index (χ0n) is 16.9. The molecule has 1 heterocycles. The number of halogens is 5. The first-order valence-corrected chi connectivity index (χ1v) is 10.4. The summed E-state index contributed by atoms with van der Waals surface area (Å²) < 4.78 is 40.9. The van der Waals surface area contributed by atoms with Gasteiger partial charge in [0.05, 0.1) is 27.8 Å². The Bertz CT molecular complexity index is 1090. The van der Waals surface area contributed by atoms with Crippen LogP contribution in [0.1, 0.15) is 16.8 Å². The first-order valence-electron chi connectivity index (χ1n) is 9.60. The van der Waals surface area contributed by atoms with Gasteiger partial charge < -0.3 is 14.8 Å². The number of amides is 2. The fourth-order valence-corrected chi connectivity index (χ4v) is 3.66. The van der Waals surface area contributed by atoms with Crippen LogP contribution in [0.25, 0.3) is 0 Å². The third-order valence-corrected chi connectivity index (χ3v) is 5.34. The standard InChI is InChI=1S/C23H20Cl2F3N3O/c1-2-11-31(22(32)29-21-19(24)9-4-10-20(21)25)15-18-8-5-12-30(18)14-16-6-3-7-17(13-16)23(26,27)28/h2-10,12-13H,1,11,14-15H2,(H,29,32). The van der Waals surface area contributed by atoms with Crippen LogP contribution in [0.4, 0.5) is 23.7 Å². The van der Waals surface area contributed by atoms with Crippen LogP contribution >= 0.6 is 23.2 Å². The van der Waals surface area contributed by atoms with Gasteiger partial charge in [-0.15, -0.1) is 6.58 Å². The summed E-state index contributed by atoms with van der Waals surface area (Å²) in [5.74, 6) is 0. The molecule has 3 rings (SSSR count). The van der Waals surface area contributed by atoms with Crippen molar-refractivity contribution in [3.05, 3.63) is 100 Å². The molecule has 1 N–H and O–H groups in total. The number of nitrogens with one attached hydrogen (secondary N) is 1. The van der Waals surface area contributed by atoms with Gasteiger partial charge in [0.1, 0.15) is 0 Å². The smallest absolute Gasteiger partial charge is 0.345 e. The summed E-state index contributed by atoms with van der Waals surface area (Å²) in [6, 6.07) is 13.2. The number of aromatic nitrogens is 1. The predicted molar refractivity (Wildman–Crippen MR) is 121 cm³/mol. The maximum atomic E-state index is 13.0. The van der Waals surface area contributed by atoms with Crippen molar-refractivity contribution in [1.82, 2.24) is 9.47 Å². The average molecular weight is 482 g/mol. The Morgan fingerprint density at radius 3 is 2.44 bits per heavy atom. The fourth-order valence-electron chi connectivity index (χ4n) is 3.16. The van der Waals surface area contributed by atoms with Crippen LogP contribution in [0.3, 0.4) is 0 Å². The minimum Gasteiger partial charge on any atom is -0.345 e. The third-order valence-electron chi connectivity index (χ3n) is 4.72. The van der Waals surface area contributed by atoms with Gasteiger partial charge in [-0.2, -0.15) is 13.2 Å². The molecule has 9 heteroatoms. The van der Waals surface area contributed by atoms with Crippen LogP contribution in [0.5, 0.6) is 0 Å². The summed E-state index contributed by atoms with van der Waals surface area (Å²) >= 11 is 12.3. The molecule has 0 aliphatic carbocycles. The number of hydrogen-bond donors (Lipinski definition) is 1. The molecule has 0 saturated heterocycles. The van der Waals surface area contributed by atoms with Crippen molar-refractivity contribution in [2.75, 3.05) is 11.9 Å². The van der Waals surface area contributed by atoms with Crippen LogP contribution in [-0.4, -0.2) is 22.0 Å². The molecule has 0 radical (unpaired) electrons. The number of carbonyl (C=O) groups excluding carboxylic acids is 1. The summed E-state index contributed by atoms with van der Waals surface area (Å²) in [7, 11) is 0. The molecule has 32 heavy (non-hydrogen) atoms. The average Bonchev–Trinajstić information content (AvgIpc) is 3.16. The van der Waals surface area contributed by atoms with Gasteiger partial charge in [0.15, 0.2) is 0 Å². The highest BCUT2D eigenvalue weighted by atomic mass is 35.5. The number of anilines is 1. The molecule has 1 aromatic heterocycles. The SMILES string of the molecule is C=CCN(Cc1cccn1Cc1cccc(C(F)(F)F)c1)C(=O)Nc1c(Cl)cccc1Cl. The van der Waals surface area contributed by atoms with Gasteiger partial charge in [-0.3, -0.25) is 0 Å². The highest BCUT2D eigenvalue weighted by Gasteiger charge is 2.30. The second-order valence-electron chi connectivity index (χ2n) is 7.02. The van der Waals surface area contributed by atoms with E-state index in [1.807, 2.05) is 0 Å². The van der Waals surface area contributed by atoms with Crippen LogP contribution < -0.4 is 5.32 Å². The van der Waals surface area contributed by atoms with E-state index in [-0.39, 0.29) is 19.6 Å². The van der Waals surface area contributed by atoms with Crippen molar-refractivity contribution in [2.24, 2.45) is 0 Å². The Labute approximate surface area is 193 Å². The van der Waals surface area contributed by atoms with E-state index in [2.05, 4.69) is 11.9 Å². The van der Waals surface area contributed by atoms with E-state index in [0.717, 1.165) is 17.8 Å². The summed E-state index contributed by atoms with van der Waals surface area (Å²) in [5, 5.41) is 3.32. The van der Waals surface area contributed by atoms with E-state index in [1.165, 1.54) is 11.0 Å². The lowest BCUT2D eigenvalue weighted by atomic mass is 10.1. The number of nitrogens with zero attached hydrogens (tertiary/aromatic N) is 2. The Morgan fingerprint density at radius 1 is 1.09 bits per heavy atom. The van der Waals surface area contributed by atoms with E-state index in [4.69, 9.17) is 23.2 Å². The molecule has 0 bridgehead atoms. The van der Waals surface area contributed by atoms with E-state index in [0.29, 0.717) is 21.3 Å². The van der Waals surface area contributed by atoms with Crippen molar-refractivity contribution >= 4 is 34.9 Å². The molecule has 0 atom stereocenters. The highest BCUT2D eigenvalue weighted by molar-refractivity contribution is 6.39. The molecule has 2 amide bonds. The zero-order chi connectivity index (χ0) is 23.3. The highest BCUT2D eigenvalue weighted by Crippen LogP contribution is 2.31. The second-order valence-corrected chi connectivity index (χ2v) is 7.84. The minimum atomic E-state index is -4.41. The normalized spacial score (nSPS) is 11.3. The summed E-state index contributed by atoms with van der Waals surface area (Å²) in [6.45, 7) is 4.36. The van der Waals surface area contributed by atoms with Gasteiger partial charge in [-0.1, -0.05) is 47.5 Å². The lowest BCUT2D eigenvalue weighted by Gasteiger charge is -2.23. The quantitative estimate of drug-likeness (QED) is 0.359. The molecule has 2 aromatic carbocycles.